The molecule has 3 atom stereocenters. The normalized spacial score (nSPS) is 29.2. The summed E-state index contributed by atoms with van der Waals surface area (Å²) in [5, 5.41) is 3.32. The van der Waals surface area contributed by atoms with Crippen molar-refractivity contribution in [3.05, 3.63) is 0 Å². The third kappa shape index (κ3) is 4.59. The lowest BCUT2D eigenvalue weighted by atomic mass is 9.85. The number of nitrogens with zero attached hydrogens (tertiary/aromatic N) is 1. The molecule has 2 fully saturated rings. The van der Waals surface area contributed by atoms with E-state index in [2.05, 4.69) is 5.32 Å². The molecule has 6 heteroatoms. The van der Waals surface area contributed by atoms with E-state index in [-0.39, 0.29) is 24.8 Å². The SMILES string of the molecule is CC(CC(=O)N1CCCC(C(F)(F)F)C1)C1CCCNC1. The molecule has 0 saturated carbocycles. The first-order valence-corrected chi connectivity index (χ1v) is 7.93. The molecule has 0 aromatic carbocycles. The van der Waals surface area contributed by atoms with Crippen LogP contribution in [0.2, 0.25) is 0 Å². The molecular formula is C15H25F3N2O. The zero-order valence-electron chi connectivity index (χ0n) is 12.6. The van der Waals surface area contributed by atoms with Crippen LogP contribution in [0.1, 0.15) is 39.0 Å². The van der Waals surface area contributed by atoms with Crippen molar-refractivity contribution < 1.29 is 18.0 Å². The summed E-state index contributed by atoms with van der Waals surface area (Å²) < 4.78 is 38.4. The minimum atomic E-state index is -4.18. The second-order valence-electron chi connectivity index (χ2n) is 6.51. The van der Waals surface area contributed by atoms with E-state index in [1.54, 1.807) is 0 Å². The maximum atomic E-state index is 12.8. The van der Waals surface area contributed by atoms with E-state index in [4.69, 9.17) is 0 Å². The van der Waals surface area contributed by atoms with Crippen molar-refractivity contribution in [3.8, 4) is 0 Å². The molecule has 2 aliphatic rings. The summed E-state index contributed by atoms with van der Waals surface area (Å²) in [5.41, 5.74) is 0. The second kappa shape index (κ2) is 6.99. The lowest BCUT2D eigenvalue weighted by Crippen LogP contribution is -2.45. The van der Waals surface area contributed by atoms with Crippen LogP contribution in [0.4, 0.5) is 13.2 Å². The highest BCUT2D eigenvalue weighted by atomic mass is 19.4. The molecule has 1 N–H and O–H groups in total. The average molecular weight is 306 g/mol. The molecule has 21 heavy (non-hydrogen) atoms. The highest BCUT2D eigenvalue weighted by Gasteiger charge is 2.42. The number of carbonyl (C=O) groups is 1. The Balaban J connectivity index is 1.84. The van der Waals surface area contributed by atoms with Crippen molar-refractivity contribution in [1.82, 2.24) is 10.2 Å². The molecule has 0 bridgehead atoms. The van der Waals surface area contributed by atoms with Gasteiger partial charge in [-0.25, -0.2) is 0 Å². The fraction of sp³-hybridized carbons (Fsp3) is 0.933. The van der Waals surface area contributed by atoms with Crippen LogP contribution in [0.15, 0.2) is 0 Å². The van der Waals surface area contributed by atoms with Crippen molar-refractivity contribution in [2.45, 2.75) is 45.2 Å². The van der Waals surface area contributed by atoms with Gasteiger partial charge in [0, 0.05) is 19.5 Å². The number of likely N-dealkylation sites (tertiary alicyclic amines) is 1. The van der Waals surface area contributed by atoms with Crippen LogP contribution in [0.5, 0.6) is 0 Å². The van der Waals surface area contributed by atoms with Crippen molar-refractivity contribution in [3.63, 3.8) is 0 Å². The lowest BCUT2D eigenvalue weighted by molar-refractivity contribution is -0.188. The maximum Gasteiger partial charge on any atom is 0.393 e. The van der Waals surface area contributed by atoms with Gasteiger partial charge in [0.2, 0.25) is 5.91 Å². The lowest BCUT2D eigenvalue weighted by Gasteiger charge is -2.35. The van der Waals surface area contributed by atoms with E-state index in [9.17, 15) is 18.0 Å². The van der Waals surface area contributed by atoms with Gasteiger partial charge in [0.05, 0.1) is 5.92 Å². The molecular weight excluding hydrogens is 281 g/mol. The van der Waals surface area contributed by atoms with E-state index < -0.39 is 12.1 Å². The molecule has 122 valence electrons. The molecule has 3 unspecified atom stereocenters. The minimum absolute atomic E-state index is 0.109. The number of nitrogens with one attached hydrogen (secondary N) is 1. The molecule has 0 aliphatic carbocycles. The van der Waals surface area contributed by atoms with Crippen LogP contribution in [0.25, 0.3) is 0 Å². The van der Waals surface area contributed by atoms with Crippen molar-refractivity contribution in [2.24, 2.45) is 17.8 Å². The number of rotatable bonds is 3. The topological polar surface area (TPSA) is 32.3 Å². The zero-order chi connectivity index (χ0) is 15.5. The highest BCUT2D eigenvalue weighted by molar-refractivity contribution is 5.76. The molecule has 2 aliphatic heterocycles. The number of amides is 1. The van der Waals surface area contributed by atoms with Crippen LogP contribution in [0.3, 0.4) is 0 Å². The Morgan fingerprint density at radius 2 is 2.10 bits per heavy atom. The Bertz CT molecular complexity index is 353. The predicted molar refractivity (Wildman–Crippen MR) is 74.7 cm³/mol. The summed E-state index contributed by atoms with van der Waals surface area (Å²) >= 11 is 0. The number of carbonyl (C=O) groups excluding carboxylic acids is 1. The predicted octanol–water partition coefficient (Wildman–Crippen LogP) is 2.81. The maximum absolute atomic E-state index is 12.8. The van der Waals surface area contributed by atoms with E-state index in [0.717, 1.165) is 25.9 Å². The molecule has 0 spiro atoms. The van der Waals surface area contributed by atoms with E-state index in [1.165, 1.54) is 4.90 Å². The largest absolute Gasteiger partial charge is 0.393 e. The van der Waals surface area contributed by atoms with Gasteiger partial charge >= 0.3 is 6.18 Å². The first-order chi connectivity index (χ1) is 9.88. The molecule has 3 nitrogen and oxygen atoms in total. The van der Waals surface area contributed by atoms with E-state index >= 15 is 0 Å². The summed E-state index contributed by atoms with van der Waals surface area (Å²) in [6.45, 7) is 4.30. The van der Waals surface area contributed by atoms with Gasteiger partial charge in [0.25, 0.3) is 0 Å². The molecule has 2 rings (SSSR count). The number of piperidine rings is 2. The summed E-state index contributed by atoms with van der Waals surface area (Å²) in [4.78, 5) is 13.7. The van der Waals surface area contributed by atoms with Gasteiger partial charge in [0.1, 0.15) is 0 Å². The average Bonchev–Trinajstić information content (AvgIpc) is 2.47. The Morgan fingerprint density at radius 1 is 1.33 bits per heavy atom. The van der Waals surface area contributed by atoms with Crippen molar-refractivity contribution in [1.29, 1.82) is 0 Å². The Morgan fingerprint density at radius 3 is 2.71 bits per heavy atom. The van der Waals surface area contributed by atoms with Crippen molar-refractivity contribution >= 4 is 5.91 Å². The molecule has 2 heterocycles. The van der Waals surface area contributed by atoms with Gasteiger partial charge in [-0.1, -0.05) is 6.92 Å². The molecule has 0 aromatic heterocycles. The van der Waals surface area contributed by atoms with E-state index in [1.807, 2.05) is 6.92 Å². The number of halogens is 3. The third-order valence-electron chi connectivity index (χ3n) is 4.87. The van der Waals surface area contributed by atoms with Gasteiger partial charge < -0.3 is 10.2 Å². The fourth-order valence-electron chi connectivity index (χ4n) is 3.41. The second-order valence-corrected chi connectivity index (χ2v) is 6.51. The number of hydrogen-bond acceptors (Lipinski definition) is 2. The first kappa shape index (κ1) is 16.6. The van der Waals surface area contributed by atoms with Gasteiger partial charge in [-0.2, -0.15) is 13.2 Å². The van der Waals surface area contributed by atoms with Gasteiger partial charge in [-0.05, 0) is 50.6 Å². The molecule has 2 saturated heterocycles. The molecule has 0 radical (unpaired) electrons. The minimum Gasteiger partial charge on any atom is -0.342 e. The number of alkyl halides is 3. The third-order valence-corrected chi connectivity index (χ3v) is 4.87. The van der Waals surface area contributed by atoms with Crippen LogP contribution in [0, 0.1) is 17.8 Å². The highest BCUT2D eigenvalue weighted by Crippen LogP contribution is 2.33. The monoisotopic (exact) mass is 306 g/mol. The summed E-state index contributed by atoms with van der Waals surface area (Å²) in [5.74, 6) is -0.758. The Hall–Kier alpha value is -0.780. The summed E-state index contributed by atoms with van der Waals surface area (Å²) in [6.07, 6.45) is -0.991. The van der Waals surface area contributed by atoms with Gasteiger partial charge in [0.15, 0.2) is 0 Å². The van der Waals surface area contributed by atoms with Crippen LogP contribution in [-0.4, -0.2) is 43.2 Å². The molecule has 0 aromatic rings. The van der Waals surface area contributed by atoms with Gasteiger partial charge in [-0.3, -0.25) is 4.79 Å². The smallest absolute Gasteiger partial charge is 0.342 e. The first-order valence-electron chi connectivity index (χ1n) is 7.93. The van der Waals surface area contributed by atoms with Crippen molar-refractivity contribution in [2.75, 3.05) is 26.2 Å². The van der Waals surface area contributed by atoms with Crippen LogP contribution >= 0.6 is 0 Å². The standard InChI is InChI=1S/C15H25F3N2O/c1-11(12-4-2-6-19-9-12)8-14(21)20-7-3-5-13(10-20)15(16,17)18/h11-13,19H,2-10H2,1H3. The summed E-state index contributed by atoms with van der Waals surface area (Å²) in [7, 11) is 0. The fourth-order valence-corrected chi connectivity index (χ4v) is 3.41. The van der Waals surface area contributed by atoms with E-state index in [0.29, 0.717) is 25.3 Å². The van der Waals surface area contributed by atoms with Crippen LogP contribution in [-0.2, 0) is 4.79 Å². The Kier molecular flexibility index (Phi) is 5.52. The number of hydrogen-bond donors (Lipinski definition) is 1. The molecule has 1 amide bonds. The zero-order valence-corrected chi connectivity index (χ0v) is 12.6. The Labute approximate surface area is 124 Å². The van der Waals surface area contributed by atoms with Crippen LogP contribution < -0.4 is 5.32 Å². The quantitative estimate of drug-likeness (QED) is 0.869. The van der Waals surface area contributed by atoms with Gasteiger partial charge in [-0.15, -0.1) is 0 Å². The summed E-state index contributed by atoms with van der Waals surface area (Å²) in [6, 6.07) is 0.